The van der Waals surface area contributed by atoms with Gasteiger partial charge in [-0.2, -0.15) is 0 Å². The molecule has 18 heavy (non-hydrogen) atoms. The summed E-state index contributed by atoms with van der Waals surface area (Å²) in [5, 5.41) is 0. The van der Waals surface area contributed by atoms with E-state index in [4.69, 9.17) is 5.73 Å². The molecular formula is C15H18N2O. The highest BCUT2D eigenvalue weighted by Gasteiger charge is 2.45. The predicted molar refractivity (Wildman–Crippen MR) is 72.3 cm³/mol. The SMILES string of the molecule is C=C1CC2Cc3[nH]c(=O)ccc3[C@](N)(C1)C2=CC. The molecule has 0 aliphatic heterocycles. The van der Waals surface area contributed by atoms with E-state index in [2.05, 4.69) is 24.6 Å². The average molecular weight is 242 g/mol. The Hall–Kier alpha value is -1.61. The Morgan fingerprint density at radius 2 is 2.28 bits per heavy atom. The monoisotopic (exact) mass is 242 g/mol. The molecule has 1 heterocycles. The Kier molecular flexibility index (Phi) is 2.35. The fourth-order valence-electron chi connectivity index (χ4n) is 3.66. The van der Waals surface area contributed by atoms with Gasteiger partial charge in [0.25, 0.3) is 0 Å². The number of nitrogens with two attached hydrogens (primary N) is 1. The summed E-state index contributed by atoms with van der Waals surface area (Å²) in [5.41, 5.74) is 10.7. The van der Waals surface area contributed by atoms with Crippen LogP contribution in [-0.2, 0) is 12.0 Å². The summed E-state index contributed by atoms with van der Waals surface area (Å²) in [6.07, 6.45) is 4.77. The van der Waals surface area contributed by atoms with Gasteiger partial charge >= 0.3 is 0 Å². The number of hydrogen-bond donors (Lipinski definition) is 2. The molecule has 1 aromatic rings. The molecule has 3 heteroatoms. The highest BCUT2D eigenvalue weighted by atomic mass is 16.1. The normalized spacial score (nSPS) is 32.4. The summed E-state index contributed by atoms with van der Waals surface area (Å²) in [5.74, 6) is 0.395. The van der Waals surface area contributed by atoms with Crippen LogP contribution in [0.1, 0.15) is 31.0 Å². The van der Waals surface area contributed by atoms with E-state index in [9.17, 15) is 4.79 Å². The lowest BCUT2D eigenvalue weighted by atomic mass is 9.61. The Morgan fingerprint density at radius 3 is 3.00 bits per heavy atom. The van der Waals surface area contributed by atoms with Gasteiger partial charge in [-0.3, -0.25) is 4.79 Å². The smallest absolute Gasteiger partial charge is 0.248 e. The minimum Gasteiger partial charge on any atom is -0.326 e. The third-order valence-electron chi connectivity index (χ3n) is 4.26. The molecule has 3 N–H and O–H groups in total. The minimum absolute atomic E-state index is 0.0434. The molecule has 2 atom stereocenters. The summed E-state index contributed by atoms with van der Waals surface area (Å²) in [6.45, 7) is 6.17. The lowest BCUT2D eigenvalue weighted by molar-refractivity contribution is 0.350. The molecule has 0 aromatic carbocycles. The third kappa shape index (κ3) is 1.44. The zero-order chi connectivity index (χ0) is 12.9. The molecule has 1 unspecified atom stereocenters. The van der Waals surface area contributed by atoms with Crippen LogP contribution in [-0.4, -0.2) is 4.98 Å². The van der Waals surface area contributed by atoms with E-state index in [-0.39, 0.29) is 5.56 Å². The Morgan fingerprint density at radius 1 is 1.50 bits per heavy atom. The van der Waals surface area contributed by atoms with Crippen LogP contribution in [0.5, 0.6) is 0 Å². The highest BCUT2D eigenvalue weighted by Crippen LogP contribution is 2.49. The van der Waals surface area contributed by atoms with Gasteiger partial charge < -0.3 is 10.7 Å². The summed E-state index contributed by atoms with van der Waals surface area (Å²) < 4.78 is 0. The Bertz CT molecular complexity index is 611. The number of H-pyrrole nitrogens is 1. The second-order valence-corrected chi connectivity index (χ2v) is 5.46. The van der Waals surface area contributed by atoms with E-state index >= 15 is 0 Å². The molecule has 2 bridgehead atoms. The number of fused-ring (bicyclic) bond motifs is 4. The quantitative estimate of drug-likeness (QED) is 0.684. The highest BCUT2D eigenvalue weighted by molar-refractivity contribution is 5.47. The number of aromatic nitrogens is 1. The van der Waals surface area contributed by atoms with Crippen molar-refractivity contribution < 1.29 is 0 Å². The largest absolute Gasteiger partial charge is 0.326 e. The maximum Gasteiger partial charge on any atom is 0.248 e. The summed E-state index contributed by atoms with van der Waals surface area (Å²) in [7, 11) is 0. The van der Waals surface area contributed by atoms with Crippen LogP contribution in [0.4, 0.5) is 0 Å². The predicted octanol–water partition coefficient (Wildman–Crippen LogP) is 2.00. The van der Waals surface area contributed by atoms with Crippen LogP contribution in [0.3, 0.4) is 0 Å². The molecule has 1 saturated carbocycles. The van der Waals surface area contributed by atoms with E-state index in [0.29, 0.717) is 5.92 Å². The molecule has 1 aromatic heterocycles. The first-order chi connectivity index (χ1) is 8.54. The van der Waals surface area contributed by atoms with Crippen LogP contribution in [0.25, 0.3) is 0 Å². The van der Waals surface area contributed by atoms with E-state index < -0.39 is 5.54 Å². The molecule has 2 aliphatic carbocycles. The van der Waals surface area contributed by atoms with Crippen LogP contribution >= 0.6 is 0 Å². The molecule has 0 amide bonds. The number of rotatable bonds is 0. The molecule has 94 valence electrons. The van der Waals surface area contributed by atoms with Gasteiger partial charge in [-0.15, -0.1) is 0 Å². The topological polar surface area (TPSA) is 58.9 Å². The van der Waals surface area contributed by atoms with E-state index in [1.165, 1.54) is 11.1 Å². The first kappa shape index (κ1) is 11.5. The maximum atomic E-state index is 11.5. The van der Waals surface area contributed by atoms with Gasteiger partial charge in [0.1, 0.15) is 0 Å². The Labute approximate surface area is 106 Å². The van der Waals surface area contributed by atoms with E-state index in [1.54, 1.807) is 6.07 Å². The fraction of sp³-hybridized carbons (Fsp3) is 0.400. The van der Waals surface area contributed by atoms with Crippen molar-refractivity contribution in [1.29, 1.82) is 0 Å². The summed E-state index contributed by atoms with van der Waals surface area (Å²) in [6, 6.07) is 3.45. The van der Waals surface area contributed by atoms with Crippen LogP contribution < -0.4 is 11.3 Å². The number of pyridine rings is 1. The van der Waals surface area contributed by atoms with Crippen LogP contribution in [0.15, 0.2) is 40.7 Å². The third-order valence-corrected chi connectivity index (χ3v) is 4.26. The standard InChI is InChI=1S/C15H18N2O/c1-3-11-10-6-9(2)8-15(11,16)12-4-5-14(18)17-13(12)7-10/h3-5,10H,2,6-8,16H2,1H3,(H,17,18)/t10?,15-/m0/s1. The van der Waals surface area contributed by atoms with Crippen molar-refractivity contribution >= 4 is 0 Å². The number of allylic oxidation sites excluding steroid dienone is 1. The van der Waals surface area contributed by atoms with Crippen molar-refractivity contribution in [3.8, 4) is 0 Å². The molecule has 0 saturated heterocycles. The minimum atomic E-state index is -0.466. The van der Waals surface area contributed by atoms with Crippen molar-refractivity contribution in [2.75, 3.05) is 0 Å². The van der Waals surface area contributed by atoms with Crippen molar-refractivity contribution in [2.24, 2.45) is 11.7 Å². The summed E-state index contributed by atoms with van der Waals surface area (Å²) in [4.78, 5) is 14.4. The molecule has 2 aliphatic rings. The zero-order valence-corrected chi connectivity index (χ0v) is 10.6. The second kappa shape index (κ2) is 3.69. The van der Waals surface area contributed by atoms with Gasteiger partial charge in [0.05, 0.1) is 5.54 Å². The van der Waals surface area contributed by atoms with Crippen molar-refractivity contribution in [2.45, 2.75) is 31.7 Å². The van der Waals surface area contributed by atoms with Gasteiger partial charge in [-0.25, -0.2) is 0 Å². The van der Waals surface area contributed by atoms with Gasteiger partial charge in [-0.1, -0.05) is 18.2 Å². The molecule has 0 radical (unpaired) electrons. The second-order valence-electron chi connectivity index (χ2n) is 5.46. The maximum absolute atomic E-state index is 11.5. The lowest BCUT2D eigenvalue weighted by Crippen LogP contribution is -2.49. The van der Waals surface area contributed by atoms with E-state index in [1.807, 2.05) is 6.07 Å². The zero-order valence-electron chi connectivity index (χ0n) is 10.6. The number of nitrogens with one attached hydrogen (secondary N) is 1. The fourth-order valence-corrected chi connectivity index (χ4v) is 3.66. The van der Waals surface area contributed by atoms with E-state index in [0.717, 1.165) is 30.5 Å². The molecule has 0 spiro atoms. The van der Waals surface area contributed by atoms with Gasteiger partial charge in [0, 0.05) is 11.8 Å². The molecular weight excluding hydrogens is 224 g/mol. The molecule has 3 rings (SSSR count). The average Bonchev–Trinajstić information content (AvgIpc) is 2.26. The number of hydrogen-bond acceptors (Lipinski definition) is 2. The van der Waals surface area contributed by atoms with Crippen LogP contribution in [0, 0.1) is 5.92 Å². The molecule has 1 fully saturated rings. The first-order valence-corrected chi connectivity index (χ1v) is 6.39. The van der Waals surface area contributed by atoms with Crippen molar-refractivity contribution in [3.05, 3.63) is 57.5 Å². The summed E-state index contributed by atoms with van der Waals surface area (Å²) >= 11 is 0. The van der Waals surface area contributed by atoms with Gasteiger partial charge in [0.15, 0.2) is 0 Å². The lowest BCUT2D eigenvalue weighted by Gasteiger charge is -2.47. The number of aromatic amines is 1. The molecule has 3 nitrogen and oxygen atoms in total. The first-order valence-electron chi connectivity index (χ1n) is 6.39. The van der Waals surface area contributed by atoms with Gasteiger partial charge in [-0.05, 0) is 49.3 Å². The van der Waals surface area contributed by atoms with Gasteiger partial charge in [0.2, 0.25) is 5.56 Å². The Balaban J connectivity index is 2.26. The van der Waals surface area contributed by atoms with Crippen molar-refractivity contribution in [1.82, 2.24) is 4.98 Å². The van der Waals surface area contributed by atoms with Crippen molar-refractivity contribution in [3.63, 3.8) is 0 Å². The van der Waals surface area contributed by atoms with Crippen LogP contribution in [0.2, 0.25) is 0 Å².